The zero-order chi connectivity index (χ0) is 14.8. The average Bonchev–Trinajstić information content (AvgIpc) is 2.20. The van der Waals surface area contributed by atoms with Gasteiger partial charge in [-0.1, -0.05) is 11.6 Å². The molecule has 19 heavy (non-hydrogen) atoms. The van der Waals surface area contributed by atoms with Gasteiger partial charge in [-0.2, -0.15) is 0 Å². The summed E-state index contributed by atoms with van der Waals surface area (Å²) in [6, 6.07) is 2.75. The van der Waals surface area contributed by atoms with E-state index in [4.69, 9.17) is 17.3 Å². The Morgan fingerprint density at radius 3 is 2.53 bits per heavy atom. The number of likely N-dealkylation sites (N-methyl/N-ethyl adjacent to an activating group) is 1. The van der Waals surface area contributed by atoms with Gasteiger partial charge >= 0.3 is 0 Å². The van der Waals surface area contributed by atoms with Crippen LogP contribution in [0.1, 0.15) is 12.5 Å². The van der Waals surface area contributed by atoms with Crippen LogP contribution in [0.15, 0.2) is 17.0 Å². The van der Waals surface area contributed by atoms with Crippen molar-refractivity contribution in [1.82, 2.24) is 9.62 Å². The number of nitrogen functional groups attached to an aromatic ring is 1. The van der Waals surface area contributed by atoms with Crippen molar-refractivity contribution in [3.63, 3.8) is 0 Å². The molecule has 0 aliphatic rings. The van der Waals surface area contributed by atoms with Gasteiger partial charge in [0.15, 0.2) is 0 Å². The molecule has 1 rings (SSSR count). The zero-order valence-electron chi connectivity index (χ0n) is 11.6. The van der Waals surface area contributed by atoms with Gasteiger partial charge < -0.3 is 10.6 Å². The van der Waals surface area contributed by atoms with E-state index < -0.39 is 10.0 Å². The smallest absolute Gasteiger partial charge is 0.241 e. The van der Waals surface area contributed by atoms with Crippen LogP contribution in [0.5, 0.6) is 0 Å². The number of aryl methyl sites for hydroxylation is 1. The fourth-order valence-corrected chi connectivity index (χ4v) is 3.59. The third-order valence-corrected chi connectivity index (χ3v) is 4.64. The van der Waals surface area contributed by atoms with E-state index in [0.717, 1.165) is 0 Å². The summed E-state index contributed by atoms with van der Waals surface area (Å²) in [5, 5.41) is 0.359. The van der Waals surface area contributed by atoms with Crippen LogP contribution < -0.4 is 10.5 Å². The summed E-state index contributed by atoms with van der Waals surface area (Å²) in [6.07, 6.45) is 0. The Bertz CT molecular complexity index is 558. The first-order valence-electron chi connectivity index (χ1n) is 5.86. The fraction of sp³-hybridized carbons (Fsp3) is 0.500. The molecule has 0 spiro atoms. The average molecular weight is 306 g/mol. The van der Waals surface area contributed by atoms with E-state index in [1.165, 1.54) is 6.07 Å². The SMILES string of the molecule is Cc1cc(Cl)c(N)cc1S(=O)(=O)NC(C)CN(C)C. The Morgan fingerprint density at radius 1 is 1.42 bits per heavy atom. The normalized spacial score (nSPS) is 13.8. The molecule has 0 heterocycles. The van der Waals surface area contributed by atoms with Crippen LogP contribution in [0.25, 0.3) is 0 Å². The molecule has 5 nitrogen and oxygen atoms in total. The molecule has 1 unspecified atom stereocenters. The van der Waals surface area contributed by atoms with E-state index in [0.29, 0.717) is 17.1 Å². The van der Waals surface area contributed by atoms with E-state index in [1.54, 1.807) is 13.0 Å². The number of rotatable bonds is 5. The van der Waals surface area contributed by atoms with Crippen LogP contribution in [0.4, 0.5) is 5.69 Å². The molecular formula is C12H20ClN3O2S. The van der Waals surface area contributed by atoms with Gasteiger partial charge in [-0.05, 0) is 45.6 Å². The van der Waals surface area contributed by atoms with Crippen molar-refractivity contribution in [2.75, 3.05) is 26.4 Å². The van der Waals surface area contributed by atoms with Gasteiger partial charge in [0, 0.05) is 12.6 Å². The van der Waals surface area contributed by atoms with Gasteiger partial charge in [0.25, 0.3) is 0 Å². The minimum Gasteiger partial charge on any atom is -0.397 e. The monoisotopic (exact) mass is 305 g/mol. The lowest BCUT2D eigenvalue weighted by Gasteiger charge is -2.19. The Balaban J connectivity index is 3.04. The molecule has 1 aromatic rings. The van der Waals surface area contributed by atoms with Crippen LogP contribution in [0.3, 0.4) is 0 Å². The third-order valence-electron chi connectivity index (χ3n) is 2.58. The summed E-state index contributed by atoms with van der Waals surface area (Å²) >= 11 is 5.86. The van der Waals surface area contributed by atoms with Crippen molar-refractivity contribution in [2.45, 2.75) is 24.8 Å². The number of anilines is 1. The highest BCUT2D eigenvalue weighted by atomic mass is 35.5. The number of nitrogens with one attached hydrogen (secondary N) is 1. The Kier molecular flexibility index (Phi) is 5.20. The van der Waals surface area contributed by atoms with E-state index in [1.807, 2.05) is 25.9 Å². The Labute approximate surface area is 119 Å². The maximum absolute atomic E-state index is 12.3. The highest BCUT2D eigenvalue weighted by Gasteiger charge is 2.21. The molecule has 0 bridgehead atoms. The number of hydrogen-bond acceptors (Lipinski definition) is 4. The number of hydrogen-bond donors (Lipinski definition) is 2. The first-order chi connectivity index (χ1) is 8.63. The van der Waals surface area contributed by atoms with Crippen molar-refractivity contribution >= 4 is 27.3 Å². The maximum atomic E-state index is 12.3. The molecule has 0 fully saturated rings. The van der Waals surface area contributed by atoms with Crippen molar-refractivity contribution in [2.24, 2.45) is 0 Å². The molecular weight excluding hydrogens is 286 g/mol. The quantitative estimate of drug-likeness (QED) is 0.808. The van der Waals surface area contributed by atoms with Crippen LogP contribution in [0, 0.1) is 6.92 Å². The summed E-state index contributed by atoms with van der Waals surface area (Å²) < 4.78 is 27.2. The van der Waals surface area contributed by atoms with E-state index in [2.05, 4.69) is 4.72 Å². The highest BCUT2D eigenvalue weighted by molar-refractivity contribution is 7.89. The van der Waals surface area contributed by atoms with Crippen LogP contribution in [-0.2, 0) is 10.0 Å². The number of sulfonamides is 1. The molecule has 0 saturated heterocycles. The summed E-state index contributed by atoms with van der Waals surface area (Å²) in [4.78, 5) is 2.08. The number of benzene rings is 1. The topological polar surface area (TPSA) is 75.4 Å². The molecule has 0 aliphatic carbocycles. The van der Waals surface area contributed by atoms with Gasteiger partial charge in [0.2, 0.25) is 10.0 Å². The summed E-state index contributed by atoms with van der Waals surface area (Å²) in [7, 11) is 0.180. The molecule has 0 saturated carbocycles. The van der Waals surface area contributed by atoms with Crippen molar-refractivity contribution in [3.05, 3.63) is 22.7 Å². The van der Waals surface area contributed by atoms with Crippen molar-refractivity contribution in [3.8, 4) is 0 Å². The van der Waals surface area contributed by atoms with Gasteiger partial charge in [0.05, 0.1) is 15.6 Å². The van der Waals surface area contributed by atoms with E-state index in [-0.39, 0.29) is 16.6 Å². The molecule has 0 amide bonds. The highest BCUT2D eigenvalue weighted by Crippen LogP contribution is 2.26. The number of nitrogens with two attached hydrogens (primary N) is 1. The molecule has 1 aromatic carbocycles. The van der Waals surface area contributed by atoms with E-state index >= 15 is 0 Å². The summed E-state index contributed by atoms with van der Waals surface area (Å²) in [5.74, 6) is 0. The molecule has 0 aromatic heterocycles. The second-order valence-corrected chi connectivity index (χ2v) is 7.01. The predicted molar refractivity (Wildman–Crippen MR) is 78.9 cm³/mol. The standard InChI is InChI=1S/C12H20ClN3O2S/c1-8-5-10(13)11(14)6-12(8)19(17,18)15-9(2)7-16(3)4/h5-6,9,15H,7,14H2,1-4H3. The lowest BCUT2D eigenvalue weighted by Crippen LogP contribution is -2.39. The second-order valence-electron chi connectivity index (χ2n) is 4.92. The Hall–Kier alpha value is -0.820. The minimum absolute atomic E-state index is 0.167. The van der Waals surface area contributed by atoms with Crippen LogP contribution in [0.2, 0.25) is 5.02 Å². The zero-order valence-corrected chi connectivity index (χ0v) is 13.1. The van der Waals surface area contributed by atoms with Crippen LogP contribution in [-0.4, -0.2) is 40.0 Å². The maximum Gasteiger partial charge on any atom is 0.241 e. The molecule has 108 valence electrons. The van der Waals surface area contributed by atoms with Gasteiger partial charge in [-0.15, -0.1) is 0 Å². The summed E-state index contributed by atoms with van der Waals surface area (Å²) in [6.45, 7) is 4.12. The van der Waals surface area contributed by atoms with Crippen LogP contribution >= 0.6 is 11.6 Å². The van der Waals surface area contributed by atoms with Crippen molar-refractivity contribution in [1.29, 1.82) is 0 Å². The first-order valence-corrected chi connectivity index (χ1v) is 7.72. The molecule has 7 heteroatoms. The number of halogens is 1. The van der Waals surface area contributed by atoms with Gasteiger partial charge in [-0.25, -0.2) is 13.1 Å². The second kappa shape index (κ2) is 6.09. The lowest BCUT2D eigenvalue weighted by atomic mass is 10.2. The fourth-order valence-electron chi connectivity index (χ4n) is 1.87. The lowest BCUT2D eigenvalue weighted by molar-refractivity contribution is 0.370. The molecule has 0 aliphatic heterocycles. The van der Waals surface area contributed by atoms with Crippen molar-refractivity contribution < 1.29 is 8.42 Å². The molecule has 1 atom stereocenters. The Morgan fingerprint density at radius 2 is 2.00 bits per heavy atom. The first kappa shape index (κ1) is 16.2. The molecule has 3 N–H and O–H groups in total. The van der Waals surface area contributed by atoms with Gasteiger partial charge in [-0.3, -0.25) is 0 Å². The summed E-state index contributed by atoms with van der Waals surface area (Å²) in [5.41, 5.74) is 6.50. The van der Waals surface area contributed by atoms with Gasteiger partial charge in [0.1, 0.15) is 0 Å². The predicted octanol–water partition coefficient (Wildman–Crippen LogP) is 1.46. The van der Waals surface area contributed by atoms with E-state index in [9.17, 15) is 8.42 Å². The minimum atomic E-state index is -3.59. The largest absolute Gasteiger partial charge is 0.397 e. The third kappa shape index (κ3) is 4.35. The number of nitrogens with zero attached hydrogens (tertiary/aromatic N) is 1. The molecule has 0 radical (unpaired) electrons.